The molecule has 68 valence electrons. The van der Waals surface area contributed by atoms with Gasteiger partial charge in [0.2, 0.25) is 0 Å². The first-order valence-corrected chi connectivity index (χ1v) is 4.47. The van der Waals surface area contributed by atoms with E-state index in [0.717, 1.165) is 17.7 Å². The molecule has 3 N–H and O–H groups in total. The van der Waals surface area contributed by atoms with Gasteiger partial charge in [-0.15, -0.1) is 0 Å². The van der Waals surface area contributed by atoms with E-state index in [1.54, 1.807) is 0 Å². The molecule has 0 radical (unpaired) electrons. The lowest BCUT2D eigenvalue weighted by Crippen LogP contribution is -2.05. The molecule has 1 rings (SSSR count). The second kappa shape index (κ2) is 3.92. The van der Waals surface area contributed by atoms with Crippen LogP contribution in [-0.4, -0.2) is 16.7 Å². The molecule has 1 heterocycles. The Morgan fingerprint density at radius 3 is 2.75 bits per heavy atom. The van der Waals surface area contributed by atoms with Gasteiger partial charge >= 0.3 is 0 Å². The minimum Gasteiger partial charge on any atom is -0.330 e. The number of halogens is 1. The molecule has 4 heteroatoms. The van der Waals surface area contributed by atoms with Crippen LogP contribution >= 0.6 is 11.6 Å². The molecule has 1 aromatic rings. The monoisotopic (exact) mass is 187 g/mol. The molecule has 0 unspecified atom stereocenters. The molecule has 0 aromatic carbocycles. The number of aromatic nitrogens is 2. The van der Waals surface area contributed by atoms with Crippen molar-refractivity contribution in [3.63, 3.8) is 0 Å². The summed E-state index contributed by atoms with van der Waals surface area (Å²) in [6.45, 7) is 4.81. The quantitative estimate of drug-likeness (QED) is 0.757. The highest BCUT2D eigenvalue weighted by molar-refractivity contribution is 6.30. The number of hydrogen-bond donors (Lipinski definition) is 2. The van der Waals surface area contributed by atoms with Gasteiger partial charge in [0.15, 0.2) is 5.15 Å². The Morgan fingerprint density at radius 1 is 1.58 bits per heavy atom. The zero-order valence-electron chi connectivity index (χ0n) is 7.39. The molecule has 0 aliphatic carbocycles. The molecule has 0 atom stereocenters. The zero-order valence-corrected chi connectivity index (χ0v) is 8.15. The van der Waals surface area contributed by atoms with Crippen LogP contribution in [0, 0.1) is 0 Å². The summed E-state index contributed by atoms with van der Waals surface area (Å²) >= 11 is 5.87. The third-order valence-corrected chi connectivity index (χ3v) is 2.13. The van der Waals surface area contributed by atoms with Gasteiger partial charge in [0.1, 0.15) is 0 Å². The fraction of sp³-hybridized carbons (Fsp3) is 0.625. The molecule has 12 heavy (non-hydrogen) atoms. The number of hydrogen-bond acceptors (Lipinski definition) is 2. The second-order valence-electron chi connectivity index (χ2n) is 3.10. The number of nitrogens with one attached hydrogen (secondary N) is 1. The average Bonchev–Trinajstić information content (AvgIpc) is 2.34. The van der Waals surface area contributed by atoms with Crippen LogP contribution in [0.4, 0.5) is 0 Å². The van der Waals surface area contributed by atoms with Crippen molar-refractivity contribution in [2.75, 3.05) is 6.54 Å². The van der Waals surface area contributed by atoms with Crippen LogP contribution in [0.25, 0.3) is 0 Å². The molecule has 0 fully saturated rings. The minimum atomic E-state index is 0.423. The summed E-state index contributed by atoms with van der Waals surface area (Å²) in [6.07, 6.45) is 0.794. The van der Waals surface area contributed by atoms with Crippen molar-refractivity contribution in [1.29, 1.82) is 0 Å². The van der Waals surface area contributed by atoms with Crippen molar-refractivity contribution in [3.8, 4) is 0 Å². The average molecular weight is 188 g/mol. The highest BCUT2D eigenvalue weighted by atomic mass is 35.5. The van der Waals surface area contributed by atoms with E-state index in [-0.39, 0.29) is 0 Å². The number of nitrogens with zero attached hydrogens (tertiary/aromatic N) is 1. The first-order chi connectivity index (χ1) is 5.66. The molecule has 0 saturated carbocycles. The molecule has 0 aliphatic heterocycles. The highest BCUT2D eigenvalue weighted by Crippen LogP contribution is 2.23. The number of nitrogens with two attached hydrogens (primary N) is 1. The molecule has 0 aliphatic rings. The summed E-state index contributed by atoms with van der Waals surface area (Å²) in [4.78, 5) is 0. The predicted molar refractivity (Wildman–Crippen MR) is 50.4 cm³/mol. The van der Waals surface area contributed by atoms with Crippen molar-refractivity contribution in [1.82, 2.24) is 10.2 Å². The van der Waals surface area contributed by atoms with Gasteiger partial charge < -0.3 is 5.73 Å². The van der Waals surface area contributed by atoms with Crippen molar-refractivity contribution in [2.45, 2.75) is 26.2 Å². The van der Waals surface area contributed by atoms with Gasteiger partial charge in [0.25, 0.3) is 0 Å². The minimum absolute atomic E-state index is 0.423. The van der Waals surface area contributed by atoms with Crippen LogP contribution in [0.15, 0.2) is 0 Å². The van der Waals surface area contributed by atoms with Gasteiger partial charge in [0, 0.05) is 11.3 Å². The van der Waals surface area contributed by atoms with Crippen molar-refractivity contribution < 1.29 is 0 Å². The Hall–Kier alpha value is -0.540. The molecule has 0 amide bonds. The molecule has 0 bridgehead atoms. The van der Waals surface area contributed by atoms with Gasteiger partial charge in [-0.25, -0.2) is 0 Å². The Morgan fingerprint density at radius 2 is 2.25 bits per heavy atom. The first kappa shape index (κ1) is 9.55. The second-order valence-corrected chi connectivity index (χ2v) is 3.46. The fourth-order valence-corrected chi connectivity index (χ4v) is 1.45. The van der Waals surface area contributed by atoms with Crippen LogP contribution in [0.3, 0.4) is 0 Å². The molecular weight excluding hydrogens is 174 g/mol. The lowest BCUT2D eigenvalue weighted by molar-refractivity contribution is 0.791. The van der Waals surface area contributed by atoms with Crippen LogP contribution in [0.1, 0.15) is 31.0 Å². The highest BCUT2D eigenvalue weighted by Gasteiger charge is 2.12. The summed E-state index contributed by atoms with van der Waals surface area (Å²) in [5.74, 6) is 0.423. The number of aromatic amines is 1. The number of rotatable bonds is 3. The van der Waals surface area contributed by atoms with E-state index in [1.165, 1.54) is 0 Å². The standard InChI is InChI=1S/C8H14ClN3/c1-5(2)7-6(3-4-10)8(9)12-11-7/h5H,3-4,10H2,1-2H3,(H,11,12). The van der Waals surface area contributed by atoms with Crippen LogP contribution in [0.5, 0.6) is 0 Å². The Balaban J connectivity index is 2.95. The van der Waals surface area contributed by atoms with E-state index < -0.39 is 0 Å². The SMILES string of the molecule is CC(C)c1[nH]nc(Cl)c1CCN. The Labute approximate surface area is 77.3 Å². The van der Waals surface area contributed by atoms with Crippen molar-refractivity contribution >= 4 is 11.6 Å². The maximum atomic E-state index is 5.87. The summed E-state index contributed by atoms with van der Waals surface area (Å²) in [5.41, 5.74) is 7.62. The van der Waals surface area contributed by atoms with E-state index in [2.05, 4.69) is 24.0 Å². The van der Waals surface area contributed by atoms with Crippen molar-refractivity contribution in [2.24, 2.45) is 5.73 Å². The van der Waals surface area contributed by atoms with E-state index in [9.17, 15) is 0 Å². The maximum absolute atomic E-state index is 5.87. The molecular formula is C8H14ClN3. The third kappa shape index (κ3) is 1.79. The third-order valence-electron chi connectivity index (χ3n) is 1.82. The topological polar surface area (TPSA) is 54.7 Å². The normalized spacial score (nSPS) is 11.1. The summed E-state index contributed by atoms with van der Waals surface area (Å²) in [7, 11) is 0. The first-order valence-electron chi connectivity index (χ1n) is 4.09. The van der Waals surface area contributed by atoms with Gasteiger partial charge in [-0.2, -0.15) is 5.10 Å². The van der Waals surface area contributed by atoms with Crippen LogP contribution in [0.2, 0.25) is 5.15 Å². The molecule has 0 spiro atoms. The van der Waals surface area contributed by atoms with Gasteiger partial charge in [-0.3, -0.25) is 5.10 Å². The number of H-pyrrole nitrogens is 1. The summed E-state index contributed by atoms with van der Waals surface area (Å²) in [5, 5.41) is 7.42. The van der Waals surface area contributed by atoms with E-state index >= 15 is 0 Å². The largest absolute Gasteiger partial charge is 0.330 e. The van der Waals surface area contributed by atoms with Gasteiger partial charge in [0.05, 0.1) is 0 Å². The smallest absolute Gasteiger partial charge is 0.154 e. The summed E-state index contributed by atoms with van der Waals surface area (Å²) in [6, 6.07) is 0. The Kier molecular flexibility index (Phi) is 3.12. The fourth-order valence-electron chi connectivity index (χ4n) is 1.22. The van der Waals surface area contributed by atoms with E-state index in [0.29, 0.717) is 17.6 Å². The lowest BCUT2D eigenvalue weighted by Gasteiger charge is -2.04. The van der Waals surface area contributed by atoms with Gasteiger partial charge in [-0.1, -0.05) is 25.4 Å². The van der Waals surface area contributed by atoms with Crippen LogP contribution in [-0.2, 0) is 6.42 Å². The maximum Gasteiger partial charge on any atom is 0.154 e. The Bertz CT molecular complexity index is 255. The molecule has 1 aromatic heterocycles. The van der Waals surface area contributed by atoms with Crippen LogP contribution < -0.4 is 5.73 Å². The predicted octanol–water partition coefficient (Wildman–Crippen LogP) is 1.69. The van der Waals surface area contributed by atoms with Gasteiger partial charge in [-0.05, 0) is 18.9 Å². The van der Waals surface area contributed by atoms with E-state index in [1.807, 2.05) is 0 Å². The van der Waals surface area contributed by atoms with Crippen molar-refractivity contribution in [3.05, 3.63) is 16.4 Å². The van der Waals surface area contributed by atoms with E-state index in [4.69, 9.17) is 17.3 Å². The molecule has 3 nitrogen and oxygen atoms in total. The zero-order chi connectivity index (χ0) is 9.14. The molecule has 0 saturated heterocycles. The summed E-state index contributed by atoms with van der Waals surface area (Å²) < 4.78 is 0. The lowest BCUT2D eigenvalue weighted by atomic mass is 10.0.